The monoisotopic (exact) mass is 499 g/mol. The third-order valence-electron chi connectivity index (χ3n) is 4.49. The molecule has 1 aliphatic rings. The highest BCUT2D eigenvalue weighted by molar-refractivity contribution is 14.0. The van der Waals surface area contributed by atoms with Crippen LogP contribution < -0.4 is 10.2 Å². The molecule has 1 saturated heterocycles. The van der Waals surface area contributed by atoms with Crippen LogP contribution in [-0.4, -0.2) is 48.6 Å². The second-order valence-electron chi connectivity index (χ2n) is 6.81. The molecule has 27 heavy (non-hydrogen) atoms. The van der Waals surface area contributed by atoms with Crippen molar-refractivity contribution >= 4 is 47.0 Å². The molecule has 148 valence electrons. The molecule has 0 atom stereocenters. The van der Waals surface area contributed by atoms with E-state index in [4.69, 9.17) is 9.98 Å². The van der Waals surface area contributed by atoms with Crippen LogP contribution in [0, 0.1) is 0 Å². The van der Waals surface area contributed by atoms with Crippen LogP contribution in [0.3, 0.4) is 0 Å². The lowest BCUT2D eigenvalue weighted by molar-refractivity contribution is 0.372. The first-order valence-corrected chi connectivity index (χ1v) is 10.3. The van der Waals surface area contributed by atoms with Crippen LogP contribution in [0.1, 0.15) is 37.4 Å². The summed E-state index contributed by atoms with van der Waals surface area (Å²) in [6, 6.07) is 10.6. The van der Waals surface area contributed by atoms with Crippen molar-refractivity contribution in [2.24, 2.45) is 4.99 Å². The predicted molar refractivity (Wildman–Crippen MR) is 127 cm³/mol. The van der Waals surface area contributed by atoms with Crippen LogP contribution in [0.5, 0.6) is 0 Å². The van der Waals surface area contributed by atoms with E-state index in [0.29, 0.717) is 12.5 Å². The summed E-state index contributed by atoms with van der Waals surface area (Å²) >= 11 is 1.74. The fraction of sp³-hybridized carbons (Fsp3) is 0.500. The number of thiazole rings is 1. The van der Waals surface area contributed by atoms with Crippen LogP contribution in [-0.2, 0) is 6.54 Å². The molecule has 0 saturated carbocycles. The molecule has 1 aromatic heterocycles. The molecule has 0 amide bonds. The van der Waals surface area contributed by atoms with Gasteiger partial charge >= 0.3 is 0 Å². The Morgan fingerprint density at radius 1 is 1.19 bits per heavy atom. The number of hydrogen-bond acceptors (Lipinski definition) is 4. The molecule has 2 heterocycles. The molecule has 5 nitrogen and oxygen atoms in total. The highest BCUT2D eigenvalue weighted by Crippen LogP contribution is 2.20. The lowest BCUT2D eigenvalue weighted by Crippen LogP contribution is -2.52. The van der Waals surface area contributed by atoms with Gasteiger partial charge in [-0.2, -0.15) is 0 Å². The minimum absolute atomic E-state index is 0. The summed E-state index contributed by atoms with van der Waals surface area (Å²) in [4.78, 5) is 14.3. The summed E-state index contributed by atoms with van der Waals surface area (Å²) < 4.78 is 0. The summed E-state index contributed by atoms with van der Waals surface area (Å²) in [5, 5.41) is 6.77. The van der Waals surface area contributed by atoms with E-state index in [2.05, 4.69) is 71.6 Å². The van der Waals surface area contributed by atoms with Gasteiger partial charge in [0.2, 0.25) is 0 Å². The molecule has 1 fully saturated rings. The van der Waals surface area contributed by atoms with Gasteiger partial charge in [-0.3, -0.25) is 0 Å². The molecule has 3 rings (SSSR count). The van der Waals surface area contributed by atoms with Crippen LogP contribution in [0.2, 0.25) is 0 Å². The average molecular weight is 499 g/mol. The SMILES string of the molecule is CCNC(=NCc1csc(C(C)C)n1)N1CCN(c2ccccc2)CC1.I. The summed E-state index contributed by atoms with van der Waals surface area (Å²) in [5.74, 6) is 1.48. The quantitative estimate of drug-likeness (QED) is 0.381. The maximum Gasteiger partial charge on any atom is 0.194 e. The number of aromatic nitrogens is 1. The number of piperazine rings is 1. The number of benzene rings is 1. The summed E-state index contributed by atoms with van der Waals surface area (Å²) in [5.41, 5.74) is 2.37. The molecule has 7 heteroatoms. The zero-order valence-corrected chi connectivity index (χ0v) is 19.5. The molecule has 0 spiro atoms. The smallest absolute Gasteiger partial charge is 0.194 e. The number of aliphatic imine (C=N–C) groups is 1. The number of anilines is 1. The fourth-order valence-corrected chi connectivity index (χ4v) is 3.88. The first-order chi connectivity index (χ1) is 12.7. The van der Waals surface area contributed by atoms with Crippen molar-refractivity contribution in [3.63, 3.8) is 0 Å². The molecule has 2 aromatic rings. The van der Waals surface area contributed by atoms with Gasteiger partial charge in [0.25, 0.3) is 0 Å². The topological polar surface area (TPSA) is 43.8 Å². The van der Waals surface area contributed by atoms with E-state index in [1.807, 2.05) is 0 Å². The Morgan fingerprint density at radius 2 is 1.89 bits per heavy atom. The van der Waals surface area contributed by atoms with Crippen molar-refractivity contribution < 1.29 is 0 Å². The van der Waals surface area contributed by atoms with E-state index in [1.54, 1.807) is 11.3 Å². The van der Waals surface area contributed by atoms with Gasteiger partial charge in [0.1, 0.15) is 0 Å². The number of para-hydroxylation sites is 1. The minimum atomic E-state index is 0. The third-order valence-corrected chi connectivity index (χ3v) is 5.68. The van der Waals surface area contributed by atoms with E-state index in [-0.39, 0.29) is 24.0 Å². The molecular weight excluding hydrogens is 469 g/mol. The lowest BCUT2D eigenvalue weighted by Gasteiger charge is -2.37. The highest BCUT2D eigenvalue weighted by Gasteiger charge is 2.19. The van der Waals surface area contributed by atoms with Gasteiger partial charge in [0, 0.05) is 49.7 Å². The predicted octanol–water partition coefficient (Wildman–Crippen LogP) is 4.17. The highest BCUT2D eigenvalue weighted by atomic mass is 127. The van der Waals surface area contributed by atoms with Crippen molar-refractivity contribution in [2.75, 3.05) is 37.6 Å². The van der Waals surface area contributed by atoms with E-state index in [0.717, 1.165) is 44.4 Å². The maximum absolute atomic E-state index is 4.83. The van der Waals surface area contributed by atoms with Gasteiger partial charge in [0.15, 0.2) is 5.96 Å². The van der Waals surface area contributed by atoms with Gasteiger partial charge in [-0.25, -0.2) is 9.98 Å². The largest absolute Gasteiger partial charge is 0.368 e. The molecule has 0 unspecified atom stereocenters. The van der Waals surface area contributed by atoms with Crippen LogP contribution >= 0.6 is 35.3 Å². The van der Waals surface area contributed by atoms with E-state index >= 15 is 0 Å². The Kier molecular flexibility index (Phi) is 8.82. The van der Waals surface area contributed by atoms with Crippen molar-refractivity contribution in [3.8, 4) is 0 Å². The standard InChI is InChI=1S/C20H29N5S.HI/c1-4-21-20(22-14-17-15-26-19(23-17)16(2)3)25-12-10-24(11-13-25)18-8-6-5-7-9-18;/h5-9,15-16H,4,10-14H2,1-3H3,(H,21,22);1H. The Morgan fingerprint density at radius 3 is 2.48 bits per heavy atom. The van der Waals surface area contributed by atoms with Crippen molar-refractivity contribution in [3.05, 3.63) is 46.4 Å². The summed E-state index contributed by atoms with van der Waals surface area (Å²) in [6.07, 6.45) is 0. The van der Waals surface area contributed by atoms with Crippen molar-refractivity contribution in [1.82, 2.24) is 15.2 Å². The van der Waals surface area contributed by atoms with Gasteiger partial charge < -0.3 is 15.1 Å². The fourth-order valence-electron chi connectivity index (χ4n) is 3.06. The minimum Gasteiger partial charge on any atom is -0.368 e. The lowest BCUT2D eigenvalue weighted by atomic mass is 10.2. The van der Waals surface area contributed by atoms with Crippen molar-refractivity contribution in [2.45, 2.75) is 33.2 Å². The first-order valence-electron chi connectivity index (χ1n) is 9.45. The third kappa shape index (κ3) is 6.07. The Labute approximate surface area is 183 Å². The van der Waals surface area contributed by atoms with E-state index in [1.165, 1.54) is 10.7 Å². The number of hydrogen-bond donors (Lipinski definition) is 1. The van der Waals surface area contributed by atoms with Crippen LogP contribution in [0.15, 0.2) is 40.7 Å². The Balaban J connectivity index is 0.00000261. The molecule has 1 aromatic carbocycles. The van der Waals surface area contributed by atoms with E-state index in [9.17, 15) is 0 Å². The number of rotatable bonds is 5. The second-order valence-corrected chi connectivity index (χ2v) is 7.70. The zero-order valence-electron chi connectivity index (χ0n) is 16.4. The molecule has 0 aliphatic carbocycles. The zero-order chi connectivity index (χ0) is 18.4. The van der Waals surface area contributed by atoms with Crippen LogP contribution in [0.4, 0.5) is 5.69 Å². The number of nitrogens with one attached hydrogen (secondary N) is 1. The molecule has 0 radical (unpaired) electrons. The number of halogens is 1. The number of nitrogens with zero attached hydrogens (tertiary/aromatic N) is 4. The second kappa shape index (κ2) is 10.8. The van der Waals surface area contributed by atoms with Gasteiger partial charge in [0.05, 0.1) is 17.2 Å². The van der Waals surface area contributed by atoms with Crippen molar-refractivity contribution in [1.29, 1.82) is 0 Å². The Bertz CT molecular complexity index is 708. The Hall–Kier alpha value is -1.35. The van der Waals surface area contributed by atoms with Crippen LogP contribution in [0.25, 0.3) is 0 Å². The maximum atomic E-state index is 4.83. The van der Waals surface area contributed by atoms with E-state index < -0.39 is 0 Å². The number of guanidine groups is 1. The molecule has 1 aliphatic heterocycles. The molecule has 1 N–H and O–H groups in total. The summed E-state index contributed by atoms with van der Waals surface area (Å²) in [7, 11) is 0. The average Bonchev–Trinajstić information content (AvgIpc) is 3.15. The van der Waals surface area contributed by atoms with Gasteiger partial charge in [-0.1, -0.05) is 32.0 Å². The van der Waals surface area contributed by atoms with Gasteiger partial charge in [-0.15, -0.1) is 35.3 Å². The summed E-state index contributed by atoms with van der Waals surface area (Å²) in [6.45, 7) is 12.0. The molecular formula is C20H30IN5S. The molecule has 0 bridgehead atoms. The van der Waals surface area contributed by atoms with Gasteiger partial charge in [-0.05, 0) is 19.1 Å². The first kappa shape index (κ1) is 21.9. The normalized spacial score (nSPS) is 15.0.